The zero-order valence-corrected chi connectivity index (χ0v) is 9.76. The number of morpholine rings is 1. The van der Waals surface area contributed by atoms with Crippen molar-refractivity contribution in [3.05, 3.63) is 0 Å². The number of hydrogen-bond acceptors (Lipinski definition) is 4. The van der Waals surface area contributed by atoms with E-state index in [4.69, 9.17) is 9.84 Å². The van der Waals surface area contributed by atoms with Crippen LogP contribution >= 0.6 is 0 Å². The fraction of sp³-hybridized carbons (Fsp3) is 0.909. The van der Waals surface area contributed by atoms with E-state index < -0.39 is 0 Å². The number of amides is 1. The zero-order valence-electron chi connectivity index (χ0n) is 9.76. The molecule has 0 radical (unpaired) electrons. The molecule has 2 heterocycles. The van der Waals surface area contributed by atoms with E-state index in [1.807, 2.05) is 4.90 Å². The maximum atomic E-state index is 11.7. The van der Waals surface area contributed by atoms with E-state index in [0.717, 1.165) is 25.9 Å². The molecule has 0 aromatic carbocycles. The molecule has 2 fully saturated rings. The summed E-state index contributed by atoms with van der Waals surface area (Å²) >= 11 is 0. The molecular weight excluding hydrogens is 208 g/mol. The van der Waals surface area contributed by atoms with Crippen molar-refractivity contribution < 1.29 is 14.6 Å². The number of carbonyl (C=O) groups is 1. The van der Waals surface area contributed by atoms with Crippen molar-refractivity contribution in [2.45, 2.75) is 25.0 Å². The topological polar surface area (TPSA) is 53.0 Å². The number of carbonyl (C=O) groups excluding carboxylic acids is 1. The molecule has 2 aliphatic rings. The van der Waals surface area contributed by atoms with Crippen LogP contribution in [0, 0.1) is 0 Å². The van der Waals surface area contributed by atoms with E-state index in [1.165, 1.54) is 0 Å². The first-order valence-corrected chi connectivity index (χ1v) is 5.91. The Labute approximate surface area is 96.0 Å². The van der Waals surface area contributed by atoms with Crippen molar-refractivity contribution in [3.8, 4) is 0 Å². The average molecular weight is 228 g/mol. The normalized spacial score (nSPS) is 29.8. The first-order valence-electron chi connectivity index (χ1n) is 5.91. The summed E-state index contributed by atoms with van der Waals surface area (Å²) in [7, 11) is 2.11. The predicted molar refractivity (Wildman–Crippen MR) is 59.1 cm³/mol. The number of rotatable bonds is 2. The van der Waals surface area contributed by atoms with Gasteiger partial charge in [-0.15, -0.1) is 0 Å². The molecule has 92 valence electrons. The zero-order chi connectivity index (χ0) is 11.5. The van der Waals surface area contributed by atoms with Crippen molar-refractivity contribution in [3.63, 3.8) is 0 Å². The summed E-state index contributed by atoms with van der Waals surface area (Å²) in [5, 5.41) is 9.06. The minimum Gasteiger partial charge on any atom is -0.394 e. The van der Waals surface area contributed by atoms with Crippen molar-refractivity contribution in [1.82, 2.24) is 9.80 Å². The second-order valence-electron chi connectivity index (χ2n) is 4.70. The molecule has 2 saturated heterocycles. The summed E-state index contributed by atoms with van der Waals surface area (Å²) in [6.45, 7) is 2.75. The molecule has 0 spiro atoms. The van der Waals surface area contributed by atoms with Crippen LogP contribution in [-0.4, -0.2) is 72.9 Å². The van der Waals surface area contributed by atoms with Gasteiger partial charge in [0, 0.05) is 12.6 Å². The van der Waals surface area contributed by atoms with E-state index in [0.29, 0.717) is 12.6 Å². The van der Waals surface area contributed by atoms with Gasteiger partial charge in [-0.05, 0) is 33.0 Å². The van der Waals surface area contributed by atoms with E-state index in [2.05, 4.69) is 11.9 Å². The Kier molecular flexibility index (Phi) is 3.78. The van der Waals surface area contributed by atoms with Crippen LogP contribution in [0.25, 0.3) is 0 Å². The number of piperidine rings is 1. The minimum atomic E-state index is -0.197. The van der Waals surface area contributed by atoms with Gasteiger partial charge in [-0.2, -0.15) is 0 Å². The summed E-state index contributed by atoms with van der Waals surface area (Å²) in [6, 6.07) is 0.335. The SMILES string of the molecule is CN1CCC(N2CC(CO)OCC2=O)CC1. The highest BCUT2D eigenvalue weighted by atomic mass is 16.5. The quantitative estimate of drug-likeness (QED) is 0.679. The van der Waals surface area contributed by atoms with Crippen LogP contribution in [0.15, 0.2) is 0 Å². The molecule has 0 saturated carbocycles. The van der Waals surface area contributed by atoms with Crippen molar-refractivity contribution >= 4 is 5.91 Å². The smallest absolute Gasteiger partial charge is 0.248 e. The van der Waals surface area contributed by atoms with E-state index >= 15 is 0 Å². The molecule has 5 heteroatoms. The van der Waals surface area contributed by atoms with Gasteiger partial charge in [-0.1, -0.05) is 0 Å². The molecule has 1 unspecified atom stereocenters. The number of hydrogen-bond donors (Lipinski definition) is 1. The Morgan fingerprint density at radius 2 is 2.12 bits per heavy atom. The molecular formula is C11H20N2O3. The number of ether oxygens (including phenoxy) is 1. The third kappa shape index (κ3) is 2.53. The van der Waals surface area contributed by atoms with Gasteiger partial charge in [0.25, 0.3) is 0 Å². The van der Waals surface area contributed by atoms with Gasteiger partial charge in [0.2, 0.25) is 5.91 Å². The molecule has 0 aliphatic carbocycles. The maximum absolute atomic E-state index is 11.7. The number of nitrogens with zero attached hydrogens (tertiary/aromatic N) is 2. The molecule has 2 rings (SSSR count). The molecule has 1 atom stereocenters. The fourth-order valence-electron chi connectivity index (χ4n) is 2.42. The molecule has 0 bridgehead atoms. The van der Waals surface area contributed by atoms with E-state index in [9.17, 15) is 4.79 Å². The minimum absolute atomic E-state index is 0.00357. The lowest BCUT2D eigenvalue weighted by molar-refractivity contribution is -0.155. The Balaban J connectivity index is 1.93. The second-order valence-corrected chi connectivity index (χ2v) is 4.70. The summed E-state index contributed by atoms with van der Waals surface area (Å²) in [5.74, 6) is 0.0688. The number of aliphatic hydroxyl groups is 1. The van der Waals surface area contributed by atoms with Gasteiger partial charge in [-0.3, -0.25) is 4.79 Å². The molecule has 1 N–H and O–H groups in total. The Hall–Kier alpha value is -0.650. The lowest BCUT2D eigenvalue weighted by Crippen LogP contribution is -2.54. The summed E-state index contributed by atoms with van der Waals surface area (Å²) in [5.41, 5.74) is 0. The highest BCUT2D eigenvalue weighted by molar-refractivity contribution is 5.78. The fourth-order valence-corrected chi connectivity index (χ4v) is 2.42. The highest BCUT2D eigenvalue weighted by Crippen LogP contribution is 2.19. The first kappa shape index (κ1) is 11.8. The molecule has 0 aromatic heterocycles. The van der Waals surface area contributed by atoms with Crippen LogP contribution < -0.4 is 0 Å². The second kappa shape index (κ2) is 5.12. The van der Waals surface area contributed by atoms with Gasteiger partial charge < -0.3 is 19.6 Å². The van der Waals surface area contributed by atoms with Crippen LogP contribution in [0.4, 0.5) is 0 Å². The molecule has 5 nitrogen and oxygen atoms in total. The standard InChI is InChI=1S/C11H20N2O3/c1-12-4-2-9(3-5-12)13-6-10(7-14)16-8-11(13)15/h9-10,14H,2-8H2,1H3. The maximum Gasteiger partial charge on any atom is 0.248 e. The lowest BCUT2D eigenvalue weighted by Gasteiger charge is -2.41. The third-order valence-corrected chi connectivity index (χ3v) is 3.50. The van der Waals surface area contributed by atoms with Crippen LogP contribution in [0.3, 0.4) is 0 Å². The Bertz CT molecular complexity index is 252. The van der Waals surface area contributed by atoms with E-state index in [1.54, 1.807) is 0 Å². The molecule has 16 heavy (non-hydrogen) atoms. The van der Waals surface area contributed by atoms with Crippen LogP contribution in [0.5, 0.6) is 0 Å². The third-order valence-electron chi connectivity index (χ3n) is 3.50. The number of likely N-dealkylation sites (tertiary alicyclic amines) is 1. The molecule has 1 amide bonds. The van der Waals surface area contributed by atoms with Gasteiger partial charge in [-0.25, -0.2) is 0 Å². The largest absolute Gasteiger partial charge is 0.394 e. The van der Waals surface area contributed by atoms with Gasteiger partial charge in [0.15, 0.2) is 0 Å². The Morgan fingerprint density at radius 3 is 2.75 bits per heavy atom. The first-order chi connectivity index (χ1) is 7.70. The van der Waals surface area contributed by atoms with Crippen molar-refractivity contribution in [2.24, 2.45) is 0 Å². The lowest BCUT2D eigenvalue weighted by atomic mass is 10.0. The van der Waals surface area contributed by atoms with E-state index in [-0.39, 0.29) is 25.2 Å². The van der Waals surface area contributed by atoms with Crippen LogP contribution in [0.1, 0.15) is 12.8 Å². The Morgan fingerprint density at radius 1 is 1.44 bits per heavy atom. The number of aliphatic hydroxyl groups excluding tert-OH is 1. The van der Waals surface area contributed by atoms with Crippen LogP contribution in [0.2, 0.25) is 0 Å². The summed E-state index contributed by atoms with van der Waals surface area (Å²) in [6.07, 6.45) is 1.86. The molecule has 2 aliphatic heterocycles. The molecule has 0 aromatic rings. The van der Waals surface area contributed by atoms with Crippen molar-refractivity contribution in [1.29, 1.82) is 0 Å². The highest BCUT2D eigenvalue weighted by Gasteiger charge is 2.32. The van der Waals surface area contributed by atoms with Gasteiger partial charge in [0.1, 0.15) is 6.61 Å². The monoisotopic (exact) mass is 228 g/mol. The van der Waals surface area contributed by atoms with Gasteiger partial charge >= 0.3 is 0 Å². The van der Waals surface area contributed by atoms with Crippen LogP contribution in [-0.2, 0) is 9.53 Å². The summed E-state index contributed by atoms with van der Waals surface area (Å²) < 4.78 is 5.23. The summed E-state index contributed by atoms with van der Waals surface area (Å²) in [4.78, 5) is 15.9. The van der Waals surface area contributed by atoms with Gasteiger partial charge in [0.05, 0.1) is 12.7 Å². The average Bonchev–Trinajstić information content (AvgIpc) is 2.31. The predicted octanol–water partition coefficient (Wildman–Crippen LogP) is -0.700. The van der Waals surface area contributed by atoms with Crippen molar-refractivity contribution in [2.75, 3.05) is 39.9 Å².